The SMILES string of the molecule is CCOC(=O)[C@H]1C[C@@H](N=CNC(=O)OC(C)(C)CNC(=O)OC(C)(C)C)[C@H]([C@@H](NC(C)=O)C(CC)CC)[C@@H]1O. The Kier molecular flexibility index (Phi) is 13.2. The van der Waals surface area contributed by atoms with Crippen LogP contribution in [0.4, 0.5) is 9.59 Å². The molecule has 39 heavy (non-hydrogen) atoms. The van der Waals surface area contributed by atoms with Gasteiger partial charge in [0.2, 0.25) is 5.91 Å². The number of hydrogen-bond donors (Lipinski definition) is 4. The number of rotatable bonds is 12. The van der Waals surface area contributed by atoms with Crippen LogP contribution in [-0.2, 0) is 23.8 Å². The second kappa shape index (κ2) is 15.0. The highest BCUT2D eigenvalue weighted by Crippen LogP contribution is 2.40. The Hall–Kier alpha value is -2.89. The first-order valence-corrected chi connectivity index (χ1v) is 13.6. The average Bonchev–Trinajstić information content (AvgIpc) is 3.12. The number of ether oxygens (including phenoxy) is 3. The summed E-state index contributed by atoms with van der Waals surface area (Å²) in [5, 5.41) is 19.2. The van der Waals surface area contributed by atoms with Crippen LogP contribution >= 0.6 is 0 Å². The highest BCUT2D eigenvalue weighted by Gasteiger charge is 2.51. The molecule has 0 heterocycles. The quantitative estimate of drug-likeness (QED) is 0.123. The molecule has 224 valence electrons. The number of carbonyl (C=O) groups is 4. The molecule has 4 N–H and O–H groups in total. The van der Waals surface area contributed by atoms with Crippen LogP contribution in [0.25, 0.3) is 0 Å². The van der Waals surface area contributed by atoms with Crippen LogP contribution < -0.4 is 16.0 Å². The summed E-state index contributed by atoms with van der Waals surface area (Å²) >= 11 is 0. The molecule has 0 unspecified atom stereocenters. The fourth-order valence-electron chi connectivity index (χ4n) is 4.81. The van der Waals surface area contributed by atoms with Crippen molar-refractivity contribution in [2.24, 2.45) is 22.7 Å². The van der Waals surface area contributed by atoms with Crippen molar-refractivity contribution in [2.75, 3.05) is 13.2 Å². The van der Waals surface area contributed by atoms with Crippen molar-refractivity contribution >= 4 is 30.4 Å². The van der Waals surface area contributed by atoms with Gasteiger partial charge < -0.3 is 30.0 Å². The molecule has 1 rings (SSSR count). The van der Waals surface area contributed by atoms with Crippen LogP contribution in [0.3, 0.4) is 0 Å². The van der Waals surface area contributed by atoms with Crippen LogP contribution in [0.5, 0.6) is 0 Å². The number of carbonyl (C=O) groups excluding carboxylic acids is 4. The molecule has 0 radical (unpaired) electrons. The number of esters is 1. The molecule has 5 atom stereocenters. The van der Waals surface area contributed by atoms with E-state index >= 15 is 0 Å². The van der Waals surface area contributed by atoms with Crippen LogP contribution in [-0.4, -0.2) is 78.0 Å². The van der Waals surface area contributed by atoms with E-state index in [1.807, 2.05) is 13.8 Å². The summed E-state index contributed by atoms with van der Waals surface area (Å²) in [6, 6.07) is -1.01. The molecule has 3 amide bonds. The molecule has 0 aromatic carbocycles. The molecular weight excluding hydrogens is 508 g/mol. The molecule has 1 fully saturated rings. The molecule has 1 aliphatic carbocycles. The van der Waals surface area contributed by atoms with Gasteiger partial charge in [0, 0.05) is 18.9 Å². The Labute approximate surface area is 232 Å². The Morgan fingerprint density at radius 1 is 1.03 bits per heavy atom. The zero-order chi connectivity index (χ0) is 30.0. The molecule has 0 saturated heterocycles. The molecule has 1 aliphatic rings. The van der Waals surface area contributed by atoms with Crippen molar-refractivity contribution in [2.45, 2.75) is 111 Å². The van der Waals surface area contributed by atoms with Crippen molar-refractivity contribution < 1.29 is 38.5 Å². The summed E-state index contributed by atoms with van der Waals surface area (Å²) in [5.74, 6) is -2.11. The number of amides is 3. The number of nitrogens with one attached hydrogen (secondary N) is 3. The lowest BCUT2D eigenvalue weighted by Gasteiger charge is -2.35. The van der Waals surface area contributed by atoms with Crippen LogP contribution in [0, 0.1) is 17.8 Å². The standard InChI is InChI=1S/C27H48N4O8/c1-10-17(11-2)21(31-16(4)32)20-19(13-18(22(20)33)23(34)37-12-3)29-15-30-25(36)39-27(8,9)14-28-24(35)38-26(5,6)7/h15,17-22,33H,10-14H2,1-9H3,(H,28,35)(H,31,32)(H,29,30,36)/t18-,19+,20+,21-,22+/m0/s1. The van der Waals surface area contributed by atoms with Gasteiger partial charge >= 0.3 is 18.2 Å². The monoisotopic (exact) mass is 556 g/mol. The van der Waals surface area contributed by atoms with Gasteiger partial charge in [0.1, 0.15) is 11.2 Å². The van der Waals surface area contributed by atoms with E-state index in [2.05, 4.69) is 20.9 Å². The van der Waals surface area contributed by atoms with Crippen LogP contribution in [0.2, 0.25) is 0 Å². The summed E-state index contributed by atoms with van der Waals surface area (Å²) in [7, 11) is 0. The summed E-state index contributed by atoms with van der Waals surface area (Å²) < 4.78 is 15.8. The first-order valence-electron chi connectivity index (χ1n) is 13.6. The van der Waals surface area contributed by atoms with Gasteiger partial charge in [-0.15, -0.1) is 0 Å². The van der Waals surface area contributed by atoms with Gasteiger partial charge in [-0.3, -0.25) is 19.9 Å². The Morgan fingerprint density at radius 3 is 2.15 bits per heavy atom. The lowest BCUT2D eigenvalue weighted by molar-refractivity contribution is -0.151. The van der Waals surface area contributed by atoms with E-state index in [9.17, 15) is 24.3 Å². The number of aliphatic hydroxyl groups is 1. The number of aliphatic hydroxyl groups excluding tert-OH is 1. The van der Waals surface area contributed by atoms with E-state index in [1.165, 1.54) is 13.3 Å². The summed E-state index contributed by atoms with van der Waals surface area (Å²) in [6.07, 6.45) is 0.354. The first-order chi connectivity index (χ1) is 18.0. The maximum atomic E-state index is 12.6. The average molecular weight is 557 g/mol. The normalized spacial score (nSPS) is 22.3. The van der Waals surface area contributed by atoms with E-state index < -0.39 is 59.4 Å². The summed E-state index contributed by atoms with van der Waals surface area (Å²) in [5.41, 5.74) is -1.71. The highest BCUT2D eigenvalue weighted by atomic mass is 16.6. The van der Waals surface area contributed by atoms with Gasteiger partial charge in [-0.25, -0.2) is 9.59 Å². The molecule has 0 bridgehead atoms. The van der Waals surface area contributed by atoms with E-state index in [-0.39, 0.29) is 31.4 Å². The third-order valence-corrected chi connectivity index (χ3v) is 6.55. The van der Waals surface area contributed by atoms with Crippen molar-refractivity contribution in [1.82, 2.24) is 16.0 Å². The van der Waals surface area contributed by atoms with Crippen molar-refractivity contribution in [3.8, 4) is 0 Å². The molecular formula is C27H48N4O8. The molecule has 12 heteroatoms. The number of alkyl carbamates (subject to hydrolysis) is 2. The van der Waals surface area contributed by atoms with Gasteiger partial charge in [-0.05, 0) is 53.9 Å². The highest BCUT2D eigenvalue weighted by molar-refractivity contribution is 5.82. The summed E-state index contributed by atoms with van der Waals surface area (Å²) in [4.78, 5) is 53.4. The third kappa shape index (κ3) is 11.4. The van der Waals surface area contributed by atoms with Gasteiger partial charge in [-0.1, -0.05) is 26.7 Å². The van der Waals surface area contributed by atoms with E-state index in [0.717, 1.165) is 12.8 Å². The van der Waals surface area contributed by atoms with Crippen LogP contribution in [0.1, 0.15) is 81.6 Å². The predicted molar refractivity (Wildman–Crippen MR) is 146 cm³/mol. The van der Waals surface area contributed by atoms with Gasteiger partial charge in [-0.2, -0.15) is 0 Å². The van der Waals surface area contributed by atoms with E-state index in [0.29, 0.717) is 0 Å². The molecule has 1 saturated carbocycles. The lowest BCUT2D eigenvalue weighted by atomic mass is 9.80. The van der Waals surface area contributed by atoms with Crippen LogP contribution in [0.15, 0.2) is 4.99 Å². The minimum atomic E-state index is -1.09. The zero-order valence-electron chi connectivity index (χ0n) is 24.8. The molecule has 0 spiro atoms. The van der Waals surface area contributed by atoms with Crippen molar-refractivity contribution in [3.05, 3.63) is 0 Å². The van der Waals surface area contributed by atoms with E-state index in [1.54, 1.807) is 41.5 Å². The number of aliphatic imine (C=N–C) groups is 1. The predicted octanol–water partition coefficient (Wildman–Crippen LogP) is 2.91. The third-order valence-electron chi connectivity index (χ3n) is 6.55. The van der Waals surface area contributed by atoms with Gasteiger partial charge in [0.05, 0.1) is 37.6 Å². The van der Waals surface area contributed by atoms with Gasteiger partial charge in [0.25, 0.3) is 0 Å². The Morgan fingerprint density at radius 2 is 1.64 bits per heavy atom. The first kappa shape index (κ1) is 34.1. The molecule has 0 aromatic heterocycles. The minimum absolute atomic E-state index is 0.0123. The van der Waals surface area contributed by atoms with Crippen molar-refractivity contribution in [1.29, 1.82) is 0 Å². The maximum Gasteiger partial charge on any atom is 0.412 e. The maximum absolute atomic E-state index is 12.6. The van der Waals surface area contributed by atoms with Crippen molar-refractivity contribution in [3.63, 3.8) is 0 Å². The second-order valence-corrected chi connectivity index (χ2v) is 11.5. The number of nitrogens with zero attached hydrogens (tertiary/aromatic N) is 1. The topological polar surface area (TPSA) is 165 Å². The Bertz CT molecular complexity index is 866. The summed E-state index contributed by atoms with van der Waals surface area (Å²) in [6.45, 7) is 15.8. The zero-order valence-corrected chi connectivity index (χ0v) is 24.8. The van der Waals surface area contributed by atoms with E-state index in [4.69, 9.17) is 14.2 Å². The molecule has 0 aliphatic heterocycles. The molecule has 0 aromatic rings. The molecule has 12 nitrogen and oxygen atoms in total. The number of hydrogen-bond acceptors (Lipinski definition) is 9. The minimum Gasteiger partial charge on any atom is -0.466 e. The van der Waals surface area contributed by atoms with Gasteiger partial charge in [0.15, 0.2) is 0 Å². The lowest BCUT2D eigenvalue weighted by Crippen LogP contribution is -2.50. The fraction of sp³-hybridized carbons (Fsp3) is 0.815. The smallest absolute Gasteiger partial charge is 0.412 e. The Balaban J connectivity index is 2.98. The largest absolute Gasteiger partial charge is 0.466 e. The second-order valence-electron chi connectivity index (χ2n) is 11.5. The fourth-order valence-corrected chi connectivity index (χ4v) is 4.81.